The van der Waals surface area contributed by atoms with Gasteiger partial charge in [-0.1, -0.05) is 6.92 Å². The van der Waals surface area contributed by atoms with Gasteiger partial charge in [0, 0.05) is 12.1 Å². The molecule has 0 radical (unpaired) electrons. The lowest BCUT2D eigenvalue weighted by molar-refractivity contribution is -0.0275. The molecular formula is C11H26NO4P. The molecule has 104 valence electrons. The van der Waals surface area contributed by atoms with Gasteiger partial charge in [0.15, 0.2) is 0 Å². The van der Waals surface area contributed by atoms with E-state index < -0.39 is 14.1 Å². The van der Waals surface area contributed by atoms with Crippen molar-refractivity contribution in [2.45, 2.75) is 66.3 Å². The third-order valence-corrected chi connectivity index (χ3v) is 3.44. The predicted molar refractivity (Wildman–Crippen MR) is 68.7 cm³/mol. The van der Waals surface area contributed by atoms with Crippen molar-refractivity contribution in [2.24, 2.45) is 0 Å². The van der Waals surface area contributed by atoms with Crippen molar-refractivity contribution >= 4 is 7.82 Å². The lowest BCUT2D eigenvalue weighted by Gasteiger charge is -2.36. The summed E-state index contributed by atoms with van der Waals surface area (Å²) in [5.74, 6) is 0. The Hall–Kier alpha value is 0.0700. The highest BCUT2D eigenvalue weighted by molar-refractivity contribution is 7.47. The van der Waals surface area contributed by atoms with Crippen LogP contribution in [0.4, 0.5) is 0 Å². The highest BCUT2D eigenvalue weighted by Crippen LogP contribution is 2.45. The van der Waals surface area contributed by atoms with Crippen molar-refractivity contribution in [1.29, 1.82) is 0 Å². The summed E-state index contributed by atoms with van der Waals surface area (Å²) in [6.45, 7) is 12.0. The molecule has 0 heterocycles. The number of nitrogens with zero attached hydrogens (tertiary/aromatic N) is 1. The maximum atomic E-state index is 11.6. The van der Waals surface area contributed by atoms with Crippen LogP contribution in [-0.4, -0.2) is 34.7 Å². The molecule has 0 saturated heterocycles. The van der Waals surface area contributed by atoms with Crippen molar-refractivity contribution < 1.29 is 18.5 Å². The highest BCUT2D eigenvalue weighted by Gasteiger charge is 2.29. The van der Waals surface area contributed by atoms with Gasteiger partial charge in [-0.3, -0.25) is 13.9 Å². The van der Waals surface area contributed by atoms with Crippen molar-refractivity contribution in [3.05, 3.63) is 0 Å². The van der Waals surface area contributed by atoms with Gasteiger partial charge in [0.2, 0.25) is 0 Å². The van der Waals surface area contributed by atoms with Gasteiger partial charge in [0.05, 0.1) is 6.61 Å². The number of hydrogen-bond acceptors (Lipinski definition) is 4. The highest BCUT2D eigenvalue weighted by atomic mass is 31.2. The SMILES string of the molecule is CCCOP(=O)(O)OC(C)N(C(C)C)C(C)C. The van der Waals surface area contributed by atoms with Crippen LogP contribution >= 0.6 is 7.82 Å². The molecule has 0 aliphatic carbocycles. The molecule has 0 aromatic rings. The smallest absolute Gasteiger partial charge is 0.302 e. The van der Waals surface area contributed by atoms with Crippen LogP contribution in [-0.2, 0) is 13.6 Å². The zero-order chi connectivity index (χ0) is 13.6. The van der Waals surface area contributed by atoms with Crippen LogP contribution in [0.25, 0.3) is 0 Å². The molecule has 17 heavy (non-hydrogen) atoms. The summed E-state index contributed by atoms with van der Waals surface area (Å²) in [7, 11) is -3.94. The van der Waals surface area contributed by atoms with Crippen LogP contribution in [0.2, 0.25) is 0 Å². The van der Waals surface area contributed by atoms with E-state index in [1.807, 2.05) is 39.5 Å². The molecule has 1 N–H and O–H groups in total. The van der Waals surface area contributed by atoms with Gasteiger partial charge < -0.3 is 4.89 Å². The molecule has 2 atom stereocenters. The lowest BCUT2D eigenvalue weighted by atomic mass is 10.2. The van der Waals surface area contributed by atoms with E-state index in [1.165, 1.54) is 0 Å². The van der Waals surface area contributed by atoms with E-state index in [0.29, 0.717) is 6.42 Å². The molecule has 0 amide bonds. The first-order valence-electron chi connectivity index (χ1n) is 6.14. The van der Waals surface area contributed by atoms with Crippen LogP contribution in [0.5, 0.6) is 0 Å². The monoisotopic (exact) mass is 267 g/mol. The van der Waals surface area contributed by atoms with Crippen molar-refractivity contribution in [1.82, 2.24) is 4.90 Å². The molecule has 0 aliphatic heterocycles. The minimum absolute atomic E-state index is 0.226. The van der Waals surface area contributed by atoms with E-state index in [1.54, 1.807) is 6.92 Å². The standard InChI is InChI=1S/C11H26NO4P/c1-7-8-15-17(13,14)16-11(6)12(9(2)3)10(4)5/h9-11H,7-8H2,1-6H3,(H,13,14). The summed E-state index contributed by atoms with van der Waals surface area (Å²) in [5, 5.41) is 0. The number of phosphoric acid groups is 1. The quantitative estimate of drug-likeness (QED) is 0.541. The fraction of sp³-hybridized carbons (Fsp3) is 1.00. The van der Waals surface area contributed by atoms with Gasteiger partial charge in [-0.2, -0.15) is 0 Å². The first-order valence-corrected chi connectivity index (χ1v) is 7.64. The van der Waals surface area contributed by atoms with Gasteiger partial charge in [-0.25, -0.2) is 4.57 Å². The molecule has 0 aliphatic rings. The van der Waals surface area contributed by atoms with E-state index in [-0.39, 0.29) is 18.7 Å². The molecular weight excluding hydrogens is 241 g/mol. The van der Waals surface area contributed by atoms with Gasteiger partial charge in [0.1, 0.15) is 6.23 Å². The summed E-state index contributed by atoms with van der Waals surface area (Å²) >= 11 is 0. The molecule has 0 bridgehead atoms. The van der Waals surface area contributed by atoms with E-state index in [9.17, 15) is 9.46 Å². The zero-order valence-electron chi connectivity index (χ0n) is 11.7. The van der Waals surface area contributed by atoms with Crippen LogP contribution < -0.4 is 0 Å². The Kier molecular flexibility index (Phi) is 7.52. The van der Waals surface area contributed by atoms with E-state index in [2.05, 4.69) is 0 Å². The summed E-state index contributed by atoms with van der Waals surface area (Å²) < 4.78 is 21.6. The van der Waals surface area contributed by atoms with Crippen LogP contribution in [0.1, 0.15) is 48.0 Å². The number of rotatable bonds is 8. The summed E-state index contributed by atoms with van der Waals surface area (Å²) in [5.41, 5.74) is 0. The second kappa shape index (κ2) is 7.49. The second-order valence-electron chi connectivity index (χ2n) is 4.64. The minimum atomic E-state index is -3.94. The Morgan fingerprint density at radius 3 is 2.00 bits per heavy atom. The topological polar surface area (TPSA) is 59.0 Å². The van der Waals surface area contributed by atoms with Crippen molar-refractivity contribution in [3.8, 4) is 0 Å². The third-order valence-electron chi connectivity index (χ3n) is 2.36. The number of phosphoric ester groups is 1. The molecule has 0 spiro atoms. The maximum absolute atomic E-state index is 11.6. The zero-order valence-corrected chi connectivity index (χ0v) is 12.6. The second-order valence-corrected chi connectivity index (χ2v) is 6.05. The normalized spacial score (nSPS) is 17.8. The van der Waals surface area contributed by atoms with Crippen LogP contribution in [0, 0.1) is 0 Å². The molecule has 6 heteroatoms. The lowest BCUT2D eigenvalue weighted by Crippen LogP contribution is -2.44. The summed E-state index contributed by atoms with van der Waals surface area (Å²) in [6, 6.07) is 0.465. The van der Waals surface area contributed by atoms with Crippen molar-refractivity contribution in [2.75, 3.05) is 6.61 Å². The molecule has 0 fully saturated rings. The first kappa shape index (κ1) is 17.1. The molecule has 0 aromatic carbocycles. The van der Waals surface area contributed by atoms with E-state index >= 15 is 0 Å². The fourth-order valence-electron chi connectivity index (χ4n) is 1.92. The molecule has 0 saturated carbocycles. The Bertz CT molecular complexity index is 250. The fourth-order valence-corrected chi connectivity index (χ4v) is 2.89. The molecule has 0 aromatic heterocycles. The van der Waals surface area contributed by atoms with E-state index in [4.69, 9.17) is 9.05 Å². The Balaban J connectivity index is 4.49. The van der Waals surface area contributed by atoms with Gasteiger partial charge in [-0.05, 0) is 41.0 Å². The van der Waals surface area contributed by atoms with Gasteiger partial charge in [0.25, 0.3) is 0 Å². The van der Waals surface area contributed by atoms with Crippen LogP contribution in [0.3, 0.4) is 0 Å². The maximum Gasteiger partial charge on any atom is 0.473 e. The largest absolute Gasteiger partial charge is 0.473 e. The molecule has 0 rings (SSSR count). The molecule has 2 unspecified atom stereocenters. The third kappa shape index (κ3) is 6.53. The van der Waals surface area contributed by atoms with Crippen LogP contribution in [0.15, 0.2) is 0 Å². The summed E-state index contributed by atoms with van der Waals surface area (Å²) in [6.07, 6.45) is 0.225. The number of hydrogen-bond donors (Lipinski definition) is 1. The minimum Gasteiger partial charge on any atom is -0.302 e. The summed E-state index contributed by atoms with van der Waals surface area (Å²) in [4.78, 5) is 11.5. The average Bonchev–Trinajstić information content (AvgIpc) is 2.12. The van der Waals surface area contributed by atoms with Gasteiger partial charge >= 0.3 is 7.82 Å². The Morgan fingerprint density at radius 2 is 1.65 bits per heavy atom. The van der Waals surface area contributed by atoms with E-state index in [0.717, 1.165) is 0 Å². The van der Waals surface area contributed by atoms with Gasteiger partial charge in [-0.15, -0.1) is 0 Å². The Labute approximate surface area is 105 Å². The Morgan fingerprint density at radius 1 is 1.18 bits per heavy atom. The predicted octanol–water partition coefficient (Wildman–Crippen LogP) is 2.99. The molecule has 5 nitrogen and oxygen atoms in total. The van der Waals surface area contributed by atoms with Crippen molar-refractivity contribution in [3.63, 3.8) is 0 Å². The average molecular weight is 267 g/mol. The first-order chi connectivity index (χ1) is 7.71.